The largest absolute Gasteiger partial charge is 0.444 e. The Kier molecular flexibility index (Phi) is 4.28. The third-order valence-electron chi connectivity index (χ3n) is 3.07. The second-order valence-electron chi connectivity index (χ2n) is 6.16. The van der Waals surface area contributed by atoms with Crippen LogP contribution in [0.5, 0.6) is 0 Å². The number of ether oxygens (including phenoxy) is 1. The maximum Gasteiger partial charge on any atom is 0.412 e. The number of halogens is 1. The molecule has 1 fully saturated rings. The van der Waals surface area contributed by atoms with Gasteiger partial charge >= 0.3 is 6.09 Å². The van der Waals surface area contributed by atoms with E-state index in [2.05, 4.69) is 10.6 Å². The molecule has 0 aliphatic carbocycles. The molecular formula is C15H21FN2O2. The summed E-state index contributed by atoms with van der Waals surface area (Å²) < 4.78 is 18.9. The average molecular weight is 280 g/mol. The van der Waals surface area contributed by atoms with Gasteiger partial charge < -0.3 is 10.1 Å². The van der Waals surface area contributed by atoms with Crippen LogP contribution in [0.2, 0.25) is 0 Å². The lowest BCUT2D eigenvalue weighted by Crippen LogP contribution is -2.43. The Morgan fingerprint density at radius 3 is 2.70 bits per heavy atom. The highest BCUT2D eigenvalue weighted by atomic mass is 19.1. The Bertz CT molecular complexity index is 493. The number of benzene rings is 1. The Balaban J connectivity index is 2.01. The minimum absolute atomic E-state index is 0.230. The number of carbonyl (C=O) groups is 1. The summed E-state index contributed by atoms with van der Waals surface area (Å²) in [7, 11) is 0. The summed E-state index contributed by atoms with van der Waals surface area (Å²) in [6.07, 6.45) is 0.156. The van der Waals surface area contributed by atoms with E-state index >= 15 is 0 Å². The van der Waals surface area contributed by atoms with Crippen molar-refractivity contribution in [1.82, 2.24) is 5.32 Å². The molecule has 20 heavy (non-hydrogen) atoms. The van der Waals surface area contributed by atoms with Crippen molar-refractivity contribution in [3.63, 3.8) is 0 Å². The molecule has 0 saturated carbocycles. The van der Waals surface area contributed by atoms with Crippen molar-refractivity contribution in [2.24, 2.45) is 5.92 Å². The number of carbonyl (C=O) groups excluding carboxylic acids is 1. The lowest BCUT2D eigenvalue weighted by molar-refractivity contribution is 0.0636. The third-order valence-corrected chi connectivity index (χ3v) is 3.07. The number of rotatable bonds is 3. The maximum absolute atomic E-state index is 13.7. The van der Waals surface area contributed by atoms with Crippen LogP contribution >= 0.6 is 0 Å². The van der Waals surface area contributed by atoms with E-state index in [0.717, 1.165) is 13.1 Å². The molecular weight excluding hydrogens is 259 g/mol. The van der Waals surface area contributed by atoms with Crippen molar-refractivity contribution in [2.45, 2.75) is 32.8 Å². The van der Waals surface area contributed by atoms with Crippen LogP contribution in [0.4, 0.5) is 14.9 Å². The Labute approximate surface area is 118 Å². The van der Waals surface area contributed by atoms with Gasteiger partial charge in [-0.1, -0.05) is 0 Å². The van der Waals surface area contributed by atoms with Crippen molar-refractivity contribution >= 4 is 11.8 Å². The summed E-state index contributed by atoms with van der Waals surface area (Å²) >= 11 is 0. The molecule has 1 aromatic rings. The van der Waals surface area contributed by atoms with Crippen LogP contribution in [0.25, 0.3) is 0 Å². The van der Waals surface area contributed by atoms with Gasteiger partial charge in [0.15, 0.2) is 0 Å². The summed E-state index contributed by atoms with van der Waals surface area (Å²) in [5.74, 6) is 0.243. The van der Waals surface area contributed by atoms with E-state index in [9.17, 15) is 9.18 Å². The zero-order valence-corrected chi connectivity index (χ0v) is 12.1. The van der Waals surface area contributed by atoms with Crippen molar-refractivity contribution in [3.05, 3.63) is 29.6 Å². The van der Waals surface area contributed by atoms with Crippen molar-refractivity contribution in [2.75, 3.05) is 18.4 Å². The first-order chi connectivity index (χ1) is 9.33. The second-order valence-corrected chi connectivity index (χ2v) is 6.16. The molecule has 110 valence electrons. The molecule has 1 aromatic carbocycles. The zero-order chi connectivity index (χ0) is 14.8. The molecule has 5 heteroatoms. The molecule has 0 aromatic heterocycles. The Morgan fingerprint density at radius 2 is 2.15 bits per heavy atom. The van der Waals surface area contributed by atoms with E-state index in [1.807, 2.05) is 0 Å². The van der Waals surface area contributed by atoms with Crippen LogP contribution in [-0.4, -0.2) is 24.8 Å². The van der Waals surface area contributed by atoms with Gasteiger partial charge in [-0.15, -0.1) is 0 Å². The van der Waals surface area contributed by atoms with Gasteiger partial charge in [0.1, 0.15) is 11.4 Å². The van der Waals surface area contributed by atoms with E-state index < -0.39 is 11.7 Å². The second kappa shape index (κ2) is 5.79. The minimum Gasteiger partial charge on any atom is -0.444 e. The van der Waals surface area contributed by atoms with E-state index in [1.165, 1.54) is 6.07 Å². The Morgan fingerprint density at radius 1 is 1.45 bits per heavy atom. The smallest absolute Gasteiger partial charge is 0.412 e. The summed E-state index contributed by atoms with van der Waals surface area (Å²) in [5, 5.41) is 5.79. The number of amides is 1. The van der Waals surface area contributed by atoms with Gasteiger partial charge in [-0.2, -0.15) is 0 Å². The van der Waals surface area contributed by atoms with Crippen molar-refractivity contribution in [1.29, 1.82) is 0 Å². The van der Waals surface area contributed by atoms with E-state index in [-0.39, 0.29) is 5.82 Å². The van der Waals surface area contributed by atoms with Gasteiger partial charge in [-0.05, 0) is 70.0 Å². The number of anilines is 1. The minimum atomic E-state index is -0.551. The average Bonchev–Trinajstić information content (AvgIpc) is 2.24. The van der Waals surface area contributed by atoms with Crippen molar-refractivity contribution in [3.8, 4) is 0 Å². The SMILES string of the molecule is CC(C)(C)OC(=O)Nc1ccc(F)c(CC2CNC2)c1. The van der Waals surface area contributed by atoms with Gasteiger partial charge in [-0.25, -0.2) is 9.18 Å². The van der Waals surface area contributed by atoms with Gasteiger partial charge in [0.05, 0.1) is 0 Å². The highest BCUT2D eigenvalue weighted by Gasteiger charge is 2.20. The fraction of sp³-hybridized carbons (Fsp3) is 0.533. The van der Waals surface area contributed by atoms with Crippen LogP contribution in [-0.2, 0) is 11.2 Å². The topological polar surface area (TPSA) is 50.4 Å². The van der Waals surface area contributed by atoms with E-state index in [4.69, 9.17) is 4.74 Å². The van der Waals surface area contributed by atoms with Crippen LogP contribution in [0.1, 0.15) is 26.3 Å². The van der Waals surface area contributed by atoms with E-state index in [1.54, 1.807) is 32.9 Å². The lowest BCUT2D eigenvalue weighted by Gasteiger charge is -2.27. The van der Waals surface area contributed by atoms with Crippen molar-refractivity contribution < 1.29 is 13.9 Å². The molecule has 0 bridgehead atoms. The van der Waals surface area contributed by atoms with Crippen LogP contribution < -0.4 is 10.6 Å². The predicted molar refractivity (Wildman–Crippen MR) is 76.3 cm³/mol. The first kappa shape index (κ1) is 14.8. The summed E-state index contributed by atoms with van der Waals surface area (Å²) in [6.45, 7) is 7.23. The molecule has 1 saturated heterocycles. The van der Waals surface area contributed by atoms with Crippen LogP contribution in [0.3, 0.4) is 0 Å². The molecule has 1 aliphatic heterocycles. The Hall–Kier alpha value is -1.62. The molecule has 0 unspecified atom stereocenters. The highest BCUT2D eigenvalue weighted by molar-refractivity contribution is 5.84. The standard InChI is InChI=1S/C15H21FN2O2/c1-15(2,3)20-14(19)18-12-4-5-13(16)11(7-12)6-10-8-17-9-10/h4-5,7,10,17H,6,8-9H2,1-3H3,(H,18,19). The molecule has 1 aliphatic rings. The quantitative estimate of drug-likeness (QED) is 0.895. The van der Waals surface area contributed by atoms with Gasteiger partial charge in [0.25, 0.3) is 0 Å². The number of nitrogens with one attached hydrogen (secondary N) is 2. The summed E-state index contributed by atoms with van der Waals surface area (Å²) in [4.78, 5) is 11.7. The van der Waals surface area contributed by atoms with Gasteiger partial charge in [-0.3, -0.25) is 5.32 Å². The fourth-order valence-electron chi connectivity index (χ4n) is 2.03. The molecule has 0 spiro atoms. The lowest BCUT2D eigenvalue weighted by atomic mass is 9.94. The third kappa shape index (κ3) is 4.20. The predicted octanol–water partition coefficient (Wildman–Crippen LogP) is 2.93. The first-order valence-corrected chi connectivity index (χ1v) is 6.82. The molecule has 2 rings (SSSR count). The zero-order valence-electron chi connectivity index (χ0n) is 12.1. The normalized spacial score (nSPS) is 15.6. The highest BCUT2D eigenvalue weighted by Crippen LogP contribution is 2.20. The summed E-state index contributed by atoms with van der Waals surface area (Å²) in [5.41, 5.74) is 0.637. The molecule has 4 nitrogen and oxygen atoms in total. The molecule has 0 radical (unpaired) electrons. The summed E-state index contributed by atoms with van der Waals surface area (Å²) in [6, 6.07) is 4.60. The molecule has 2 N–H and O–H groups in total. The van der Waals surface area contributed by atoms with Gasteiger partial charge in [0, 0.05) is 5.69 Å². The molecule has 0 atom stereocenters. The first-order valence-electron chi connectivity index (χ1n) is 6.82. The van der Waals surface area contributed by atoms with Crippen LogP contribution in [0, 0.1) is 11.7 Å². The monoisotopic (exact) mass is 280 g/mol. The maximum atomic E-state index is 13.7. The van der Waals surface area contributed by atoms with Gasteiger partial charge in [0.2, 0.25) is 0 Å². The molecule has 1 heterocycles. The van der Waals surface area contributed by atoms with E-state index in [0.29, 0.717) is 23.6 Å². The fourth-order valence-corrected chi connectivity index (χ4v) is 2.03. The number of hydrogen-bond donors (Lipinski definition) is 2. The van der Waals surface area contributed by atoms with Crippen LogP contribution in [0.15, 0.2) is 18.2 Å². The number of hydrogen-bond acceptors (Lipinski definition) is 3. The molecule has 1 amide bonds.